The highest BCUT2D eigenvalue weighted by Gasteiger charge is 2.28. The summed E-state index contributed by atoms with van der Waals surface area (Å²) in [5, 5.41) is 18.5. The van der Waals surface area contributed by atoms with Crippen molar-refractivity contribution in [3.05, 3.63) is 45.9 Å². The van der Waals surface area contributed by atoms with Gasteiger partial charge in [-0.3, -0.25) is 9.20 Å². The first-order valence-corrected chi connectivity index (χ1v) is 8.29. The molecule has 1 fully saturated rings. The fraction of sp³-hybridized carbons (Fsp3) is 0.389. The fourth-order valence-corrected chi connectivity index (χ4v) is 3.24. The van der Waals surface area contributed by atoms with Gasteiger partial charge in [-0.05, 0) is 31.4 Å². The predicted molar refractivity (Wildman–Crippen MR) is 91.8 cm³/mol. The molecule has 7 heteroatoms. The normalized spacial score (nSPS) is 14.3. The molecule has 0 amide bonds. The summed E-state index contributed by atoms with van der Waals surface area (Å²) in [6.45, 7) is 0.924. The molecule has 1 aliphatic heterocycles. The van der Waals surface area contributed by atoms with E-state index in [0.717, 1.165) is 19.3 Å². The molecule has 2 aromatic heterocycles. The molecule has 0 saturated carbocycles. The zero-order chi connectivity index (χ0) is 17.8. The average Bonchev–Trinajstić information content (AvgIpc) is 2.66. The first-order valence-electron chi connectivity index (χ1n) is 8.29. The number of nitriles is 1. The number of hydrogen-bond donors (Lipinski definition) is 1. The number of carbonyl (C=O) groups is 1. The number of hydrogen-bond acceptors (Lipinski definition) is 6. The SMILES string of the molecule is N#Cc1c(N2CCCCC2)c(C(=O)OCCO)c2ccccn2c1=O. The average molecular weight is 341 g/mol. The van der Waals surface area contributed by atoms with Gasteiger partial charge in [0.05, 0.1) is 17.8 Å². The molecule has 0 bridgehead atoms. The molecule has 3 rings (SSSR count). The number of fused-ring (bicyclic) bond motifs is 1. The number of aromatic nitrogens is 1. The lowest BCUT2D eigenvalue weighted by molar-refractivity contribution is 0.0436. The number of pyridine rings is 2. The van der Waals surface area contributed by atoms with Gasteiger partial charge in [-0.15, -0.1) is 0 Å². The number of nitrogens with zero attached hydrogens (tertiary/aromatic N) is 3. The minimum atomic E-state index is -0.644. The monoisotopic (exact) mass is 341 g/mol. The van der Waals surface area contributed by atoms with E-state index in [1.807, 2.05) is 11.0 Å². The quantitative estimate of drug-likeness (QED) is 0.843. The first-order chi connectivity index (χ1) is 12.2. The summed E-state index contributed by atoms with van der Waals surface area (Å²) in [4.78, 5) is 27.3. The first kappa shape index (κ1) is 17.0. The van der Waals surface area contributed by atoms with Crippen molar-refractivity contribution in [1.82, 2.24) is 4.40 Å². The number of esters is 1. The van der Waals surface area contributed by atoms with Crippen LogP contribution in [0.2, 0.25) is 0 Å². The lowest BCUT2D eigenvalue weighted by Crippen LogP contribution is -2.35. The smallest absolute Gasteiger partial charge is 0.342 e. The summed E-state index contributed by atoms with van der Waals surface area (Å²) in [5.74, 6) is -0.644. The summed E-state index contributed by atoms with van der Waals surface area (Å²) in [5.41, 5.74) is 0.447. The molecular weight excluding hydrogens is 322 g/mol. The Labute approximate surface area is 144 Å². The molecule has 0 unspecified atom stereocenters. The van der Waals surface area contributed by atoms with Gasteiger partial charge < -0.3 is 14.7 Å². The van der Waals surface area contributed by atoms with Crippen LogP contribution in [-0.4, -0.2) is 41.8 Å². The van der Waals surface area contributed by atoms with E-state index in [1.54, 1.807) is 18.2 Å². The van der Waals surface area contributed by atoms with Crippen LogP contribution in [0.3, 0.4) is 0 Å². The van der Waals surface area contributed by atoms with Crippen molar-refractivity contribution in [2.75, 3.05) is 31.2 Å². The molecule has 1 aliphatic rings. The summed E-state index contributed by atoms with van der Waals surface area (Å²) in [6, 6.07) is 7.02. The van der Waals surface area contributed by atoms with Crippen molar-refractivity contribution in [3.8, 4) is 6.07 Å². The van der Waals surface area contributed by atoms with Crippen LogP contribution in [0.4, 0.5) is 5.69 Å². The molecule has 25 heavy (non-hydrogen) atoms. The molecule has 1 saturated heterocycles. The van der Waals surface area contributed by atoms with E-state index in [4.69, 9.17) is 9.84 Å². The van der Waals surface area contributed by atoms with Gasteiger partial charge in [-0.25, -0.2) is 4.79 Å². The van der Waals surface area contributed by atoms with Crippen LogP contribution in [0.5, 0.6) is 0 Å². The van der Waals surface area contributed by atoms with Crippen LogP contribution >= 0.6 is 0 Å². The number of carbonyl (C=O) groups excluding carboxylic acids is 1. The standard InChI is InChI=1S/C18H19N3O4/c19-12-13-16(20-7-3-1-4-8-20)15(18(24)25-11-10-22)14-6-2-5-9-21(14)17(13)23/h2,5-6,9,22H,1,3-4,7-8,10-11H2. The molecule has 0 spiro atoms. The fourth-order valence-electron chi connectivity index (χ4n) is 3.24. The van der Waals surface area contributed by atoms with Gasteiger partial charge in [0.25, 0.3) is 5.56 Å². The number of rotatable bonds is 4. The van der Waals surface area contributed by atoms with Gasteiger partial charge >= 0.3 is 5.97 Å². The van der Waals surface area contributed by atoms with Crippen molar-refractivity contribution >= 4 is 17.2 Å². The lowest BCUT2D eigenvalue weighted by Gasteiger charge is -2.31. The van der Waals surface area contributed by atoms with Gasteiger partial charge in [-0.1, -0.05) is 6.07 Å². The highest BCUT2D eigenvalue weighted by atomic mass is 16.5. The Bertz CT molecular complexity index is 892. The van der Waals surface area contributed by atoms with Crippen LogP contribution in [0.15, 0.2) is 29.2 Å². The number of aliphatic hydroxyl groups excluding tert-OH is 1. The maximum absolute atomic E-state index is 12.7. The third-order valence-corrected chi connectivity index (χ3v) is 4.33. The minimum absolute atomic E-state index is 0.0541. The number of piperidine rings is 1. The van der Waals surface area contributed by atoms with E-state index in [0.29, 0.717) is 24.3 Å². The second-order valence-electron chi connectivity index (χ2n) is 5.88. The Morgan fingerprint density at radius 2 is 2.04 bits per heavy atom. The van der Waals surface area contributed by atoms with Crippen molar-refractivity contribution in [2.24, 2.45) is 0 Å². The van der Waals surface area contributed by atoms with Crippen LogP contribution in [-0.2, 0) is 4.74 Å². The van der Waals surface area contributed by atoms with Gasteiger partial charge in [0, 0.05) is 19.3 Å². The molecule has 7 nitrogen and oxygen atoms in total. The third-order valence-electron chi connectivity index (χ3n) is 4.33. The molecule has 2 aromatic rings. The zero-order valence-electron chi connectivity index (χ0n) is 13.8. The van der Waals surface area contributed by atoms with Crippen LogP contribution in [0.25, 0.3) is 5.52 Å². The lowest BCUT2D eigenvalue weighted by atomic mass is 10.0. The molecule has 0 radical (unpaired) electrons. The van der Waals surface area contributed by atoms with Crippen molar-refractivity contribution < 1.29 is 14.6 Å². The van der Waals surface area contributed by atoms with E-state index in [2.05, 4.69) is 0 Å². The van der Waals surface area contributed by atoms with E-state index < -0.39 is 11.5 Å². The molecule has 0 atom stereocenters. The van der Waals surface area contributed by atoms with E-state index in [9.17, 15) is 14.9 Å². The molecule has 1 N–H and O–H groups in total. The third kappa shape index (κ3) is 3.08. The Morgan fingerprint density at radius 1 is 1.28 bits per heavy atom. The number of ether oxygens (including phenoxy) is 1. The van der Waals surface area contributed by atoms with Gasteiger partial charge in [0.2, 0.25) is 0 Å². The van der Waals surface area contributed by atoms with Gasteiger partial charge in [0.15, 0.2) is 0 Å². The Balaban J connectivity index is 2.31. The number of aliphatic hydroxyl groups is 1. The van der Waals surface area contributed by atoms with E-state index in [-0.39, 0.29) is 24.3 Å². The molecule has 0 aliphatic carbocycles. The van der Waals surface area contributed by atoms with Crippen molar-refractivity contribution in [3.63, 3.8) is 0 Å². The molecule has 0 aromatic carbocycles. The highest BCUT2D eigenvalue weighted by Crippen LogP contribution is 2.30. The molecular formula is C18H19N3O4. The Morgan fingerprint density at radius 3 is 2.72 bits per heavy atom. The minimum Gasteiger partial charge on any atom is -0.460 e. The van der Waals surface area contributed by atoms with E-state index >= 15 is 0 Å². The van der Waals surface area contributed by atoms with Crippen LogP contribution in [0.1, 0.15) is 35.2 Å². The van der Waals surface area contributed by atoms with Crippen LogP contribution in [0, 0.1) is 11.3 Å². The summed E-state index contributed by atoms with van der Waals surface area (Å²) in [7, 11) is 0. The second-order valence-corrected chi connectivity index (χ2v) is 5.88. The van der Waals surface area contributed by atoms with Crippen molar-refractivity contribution in [1.29, 1.82) is 5.26 Å². The largest absolute Gasteiger partial charge is 0.460 e. The Hall–Kier alpha value is -2.85. The number of anilines is 1. The maximum atomic E-state index is 12.7. The van der Waals surface area contributed by atoms with Gasteiger partial charge in [-0.2, -0.15) is 5.26 Å². The Kier molecular flexibility index (Phi) is 5.00. The highest BCUT2D eigenvalue weighted by molar-refractivity contribution is 6.04. The summed E-state index contributed by atoms with van der Waals surface area (Å²) >= 11 is 0. The zero-order valence-corrected chi connectivity index (χ0v) is 13.8. The topological polar surface area (TPSA) is 95.0 Å². The van der Waals surface area contributed by atoms with Crippen LogP contribution < -0.4 is 10.5 Å². The molecule has 130 valence electrons. The van der Waals surface area contributed by atoms with E-state index in [1.165, 1.54) is 10.6 Å². The maximum Gasteiger partial charge on any atom is 0.342 e. The van der Waals surface area contributed by atoms with Gasteiger partial charge in [0.1, 0.15) is 23.8 Å². The summed E-state index contributed by atoms with van der Waals surface area (Å²) in [6.07, 6.45) is 4.48. The molecule has 3 heterocycles. The summed E-state index contributed by atoms with van der Waals surface area (Å²) < 4.78 is 6.41. The second kappa shape index (κ2) is 7.36. The van der Waals surface area contributed by atoms with Crippen molar-refractivity contribution in [2.45, 2.75) is 19.3 Å². The predicted octanol–water partition coefficient (Wildman–Crippen LogP) is 1.31.